The van der Waals surface area contributed by atoms with E-state index in [9.17, 15) is 0 Å². The van der Waals surface area contributed by atoms with Crippen molar-refractivity contribution in [1.82, 2.24) is 14.5 Å². The largest absolute Gasteiger partial charge is 0.454 e. The molecule has 1 unspecified atom stereocenters. The van der Waals surface area contributed by atoms with Crippen LogP contribution in [0.25, 0.3) is 56.6 Å². The Hall–Kier alpha value is -5.68. The first-order valence-corrected chi connectivity index (χ1v) is 14.6. The van der Waals surface area contributed by atoms with Crippen molar-refractivity contribution >= 4 is 28.4 Å². The van der Waals surface area contributed by atoms with Gasteiger partial charge in [-0.05, 0) is 48.0 Å². The van der Waals surface area contributed by atoms with E-state index in [4.69, 9.17) is 9.40 Å². The van der Waals surface area contributed by atoms with E-state index >= 15 is 0 Å². The normalized spacial score (nSPS) is 15.0. The van der Waals surface area contributed by atoms with Crippen molar-refractivity contribution in [3.8, 4) is 39.5 Å². The summed E-state index contributed by atoms with van der Waals surface area (Å²) in [6.07, 6.45) is 9.11. The van der Waals surface area contributed by atoms with Crippen LogP contribution < -0.4 is 4.90 Å². The SMILES string of the molecule is C1=CC(N2c3ccccc3-c3ccncc3-c3oc4ccccc4c32)Cc2nc(-c3ccccc3)n(-c3ccccc3)c21. The van der Waals surface area contributed by atoms with Crippen LogP contribution in [0, 0.1) is 0 Å². The molecular weight excluding hydrogens is 528 g/mol. The van der Waals surface area contributed by atoms with E-state index in [0.29, 0.717) is 0 Å². The highest BCUT2D eigenvalue weighted by molar-refractivity contribution is 6.07. The molecular formula is C38H26N4O. The van der Waals surface area contributed by atoms with Crippen LogP contribution in [0.4, 0.5) is 11.4 Å². The highest BCUT2D eigenvalue weighted by Crippen LogP contribution is 2.52. The van der Waals surface area contributed by atoms with Gasteiger partial charge in [0.05, 0.1) is 23.1 Å². The van der Waals surface area contributed by atoms with Gasteiger partial charge >= 0.3 is 0 Å². The van der Waals surface area contributed by atoms with Gasteiger partial charge in [-0.25, -0.2) is 4.98 Å². The number of imidazole rings is 1. The molecule has 1 atom stereocenters. The summed E-state index contributed by atoms with van der Waals surface area (Å²) in [5, 5.41) is 1.09. The van der Waals surface area contributed by atoms with Crippen LogP contribution in [0.15, 0.2) is 138 Å². The van der Waals surface area contributed by atoms with Crippen LogP contribution in [0.5, 0.6) is 0 Å². The fraction of sp³-hybridized carbons (Fsp3) is 0.0526. The first-order chi connectivity index (χ1) is 21.3. The van der Waals surface area contributed by atoms with E-state index in [1.165, 1.54) is 0 Å². The summed E-state index contributed by atoms with van der Waals surface area (Å²) in [6.45, 7) is 0. The fourth-order valence-electron chi connectivity index (χ4n) is 6.70. The standard InChI is InChI=1S/C38H26N4O/c1-3-11-25(12-4-1)38-40-32-23-27(19-20-34(32)42(38)26-13-5-2-6-14-26)41-33-17-9-7-15-29(33)28-21-22-39-24-31(28)37-36(41)30-16-8-10-18-35(30)43-37/h1-22,24,27H,23H2. The van der Waals surface area contributed by atoms with E-state index in [-0.39, 0.29) is 6.04 Å². The Kier molecular flexibility index (Phi) is 5.26. The van der Waals surface area contributed by atoms with Crippen molar-refractivity contribution in [1.29, 1.82) is 0 Å². The molecule has 0 fully saturated rings. The van der Waals surface area contributed by atoms with Crippen LogP contribution >= 0.6 is 0 Å². The number of pyridine rings is 1. The van der Waals surface area contributed by atoms with E-state index < -0.39 is 0 Å². The lowest BCUT2D eigenvalue weighted by Crippen LogP contribution is -2.33. The van der Waals surface area contributed by atoms with Crippen molar-refractivity contribution in [2.75, 3.05) is 4.90 Å². The summed E-state index contributed by atoms with van der Waals surface area (Å²) in [4.78, 5) is 12.3. The van der Waals surface area contributed by atoms with Gasteiger partial charge in [-0.15, -0.1) is 0 Å². The summed E-state index contributed by atoms with van der Waals surface area (Å²) in [7, 11) is 0. The average Bonchev–Trinajstić information content (AvgIpc) is 3.62. The van der Waals surface area contributed by atoms with Gasteiger partial charge in [-0.1, -0.05) is 84.9 Å². The lowest BCUT2D eigenvalue weighted by Gasteiger charge is -2.33. The van der Waals surface area contributed by atoms with Gasteiger partial charge in [0, 0.05) is 52.3 Å². The van der Waals surface area contributed by atoms with Crippen LogP contribution in [-0.4, -0.2) is 20.6 Å². The van der Waals surface area contributed by atoms with Gasteiger partial charge in [0.25, 0.3) is 0 Å². The van der Waals surface area contributed by atoms with Gasteiger partial charge < -0.3 is 9.32 Å². The van der Waals surface area contributed by atoms with E-state index in [0.717, 1.165) is 79.7 Å². The molecule has 0 spiro atoms. The maximum Gasteiger partial charge on any atom is 0.161 e. The quantitative estimate of drug-likeness (QED) is 0.219. The molecule has 43 heavy (non-hydrogen) atoms. The second-order valence-corrected chi connectivity index (χ2v) is 11.0. The van der Waals surface area contributed by atoms with Crippen molar-refractivity contribution in [3.05, 3.63) is 145 Å². The molecule has 0 bridgehead atoms. The Morgan fingerprint density at radius 1 is 0.721 bits per heavy atom. The zero-order chi connectivity index (χ0) is 28.3. The van der Waals surface area contributed by atoms with Crippen LogP contribution in [0.2, 0.25) is 0 Å². The van der Waals surface area contributed by atoms with Crippen molar-refractivity contribution < 1.29 is 4.42 Å². The molecule has 204 valence electrons. The van der Waals surface area contributed by atoms with Crippen molar-refractivity contribution in [2.45, 2.75) is 12.5 Å². The Balaban J connectivity index is 1.26. The summed E-state index contributed by atoms with van der Waals surface area (Å²) in [6, 6.07) is 40.0. The Morgan fingerprint density at radius 2 is 1.49 bits per heavy atom. The molecule has 5 heteroatoms. The zero-order valence-corrected chi connectivity index (χ0v) is 23.3. The summed E-state index contributed by atoms with van der Waals surface area (Å²) in [5.74, 6) is 1.80. The molecule has 0 saturated carbocycles. The fourth-order valence-corrected chi connectivity index (χ4v) is 6.70. The van der Waals surface area contributed by atoms with Crippen molar-refractivity contribution in [3.63, 3.8) is 0 Å². The Bertz CT molecular complexity index is 2180. The van der Waals surface area contributed by atoms with Gasteiger partial charge in [-0.3, -0.25) is 9.55 Å². The number of nitrogens with zero attached hydrogens (tertiary/aromatic N) is 4. The van der Waals surface area contributed by atoms with E-state index in [1.807, 2.05) is 30.6 Å². The molecule has 0 amide bonds. The highest BCUT2D eigenvalue weighted by Gasteiger charge is 2.35. The minimum atomic E-state index is 0.0124. The van der Waals surface area contributed by atoms with Crippen molar-refractivity contribution in [2.24, 2.45) is 0 Å². The smallest absolute Gasteiger partial charge is 0.161 e. The third kappa shape index (κ3) is 3.65. The van der Waals surface area contributed by atoms with Crippen LogP contribution in [0.1, 0.15) is 11.4 Å². The number of hydrogen-bond acceptors (Lipinski definition) is 4. The molecule has 3 aromatic heterocycles. The number of aromatic nitrogens is 3. The van der Waals surface area contributed by atoms with Crippen LogP contribution in [0.3, 0.4) is 0 Å². The molecule has 7 aromatic rings. The average molecular weight is 555 g/mol. The molecule has 0 saturated heterocycles. The molecule has 9 rings (SSSR count). The zero-order valence-electron chi connectivity index (χ0n) is 23.3. The van der Waals surface area contributed by atoms with E-state index in [2.05, 4.69) is 124 Å². The summed E-state index contributed by atoms with van der Waals surface area (Å²) < 4.78 is 8.92. The molecule has 4 aromatic carbocycles. The number of anilines is 2. The Morgan fingerprint density at radius 3 is 2.37 bits per heavy atom. The first-order valence-electron chi connectivity index (χ1n) is 14.6. The summed E-state index contributed by atoms with van der Waals surface area (Å²) in [5.41, 5.74) is 10.8. The van der Waals surface area contributed by atoms with E-state index in [1.54, 1.807) is 0 Å². The summed E-state index contributed by atoms with van der Waals surface area (Å²) >= 11 is 0. The molecule has 5 nitrogen and oxygen atoms in total. The van der Waals surface area contributed by atoms with Gasteiger partial charge in [0.15, 0.2) is 5.76 Å². The topological polar surface area (TPSA) is 47.1 Å². The number of hydrogen-bond donors (Lipinski definition) is 0. The third-order valence-corrected chi connectivity index (χ3v) is 8.58. The second-order valence-electron chi connectivity index (χ2n) is 11.0. The number of rotatable bonds is 3. The lowest BCUT2D eigenvalue weighted by molar-refractivity contribution is 0.629. The number of para-hydroxylation sites is 3. The predicted octanol–water partition coefficient (Wildman–Crippen LogP) is 9.10. The van der Waals surface area contributed by atoms with Crippen LogP contribution in [-0.2, 0) is 6.42 Å². The number of fused-ring (bicyclic) bond motifs is 8. The molecule has 0 radical (unpaired) electrons. The second kappa shape index (κ2) is 9.43. The number of furan rings is 1. The molecule has 0 N–H and O–H groups in total. The molecule has 2 aliphatic rings. The third-order valence-electron chi connectivity index (χ3n) is 8.58. The molecule has 1 aliphatic carbocycles. The highest BCUT2D eigenvalue weighted by atomic mass is 16.3. The minimum Gasteiger partial charge on any atom is -0.454 e. The van der Waals surface area contributed by atoms with Gasteiger partial charge in [-0.2, -0.15) is 0 Å². The molecule has 4 heterocycles. The maximum absolute atomic E-state index is 6.63. The lowest BCUT2D eigenvalue weighted by atomic mass is 9.98. The molecule has 1 aliphatic heterocycles. The maximum atomic E-state index is 6.63. The predicted molar refractivity (Wildman–Crippen MR) is 173 cm³/mol. The monoisotopic (exact) mass is 554 g/mol. The first kappa shape index (κ1) is 24.0. The number of benzene rings is 4. The Labute approximate surface area is 249 Å². The van der Waals surface area contributed by atoms with Gasteiger partial charge in [0.1, 0.15) is 11.4 Å². The minimum absolute atomic E-state index is 0.0124. The van der Waals surface area contributed by atoms with Gasteiger partial charge in [0.2, 0.25) is 0 Å².